The van der Waals surface area contributed by atoms with Crippen LogP contribution in [0.3, 0.4) is 0 Å². The lowest BCUT2D eigenvalue weighted by atomic mass is 10.1. The standard InChI is InChI=1S/C16H26N4O2S2.HI/c1-2-18-16(20-12-14-4-3-11-23-14)19-10-9-13-5-7-15(8-6-13)24(17,21)22;/h5-8,14H,2-4,9-12H2,1H3,(H2,17,21,22)(H2,18,19,20);1H. The lowest BCUT2D eigenvalue weighted by molar-refractivity contribution is 0.598. The number of guanidine groups is 1. The zero-order valence-electron chi connectivity index (χ0n) is 14.4. The first kappa shape index (κ1) is 22.5. The van der Waals surface area contributed by atoms with Crippen LogP contribution in [-0.2, 0) is 16.4 Å². The Kier molecular flexibility index (Phi) is 10.1. The van der Waals surface area contributed by atoms with Crippen molar-refractivity contribution >= 4 is 51.7 Å². The molecule has 0 aromatic heterocycles. The molecule has 0 radical (unpaired) electrons. The lowest BCUT2D eigenvalue weighted by Crippen LogP contribution is -2.38. The van der Waals surface area contributed by atoms with Crippen molar-refractivity contribution in [2.45, 2.75) is 36.3 Å². The Morgan fingerprint density at radius 3 is 2.60 bits per heavy atom. The van der Waals surface area contributed by atoms with Crippen molar-refractivity contribution in [3.05, 3.63) is 29.8 Å². The summed E-state index contributed by atoms with van der Waals surface area (Å²) in [6.45, 7) is 4.46. The molecule has 0 aliphatic carbocycles. The normalized spacial score (nSPS) is 17.8. The van der Waals surface area contributed by atoms with Crippen LogP contribution >= 0.6 is 35.7 Å². The molecule has 1 aromatic carbocycles. The second kappa shape index (κ2) is 11.2. The Balaban J connectivity index is 0.00000312. The Hall–Kier alpha value is -0.520. The first-order valence-corrected chi connectivity index (χ1v) is 10.8. The van der Waals surface area contributed by atoms with Gasteiger partial charge in [-0.1, -0.05) is 12.1 Å². The third-order valence-corrected chi connectivity index (χ3v) is 6.09. The zero-order chi connectivity index (χ0) is 17.4. The maximum absolute atomic E-state index is 11.2. The topological polar surface area (TPSA) is 96.6 Å². The molecule has 1 saturated heterocycles. The van der Waals surface area contributed by atoms with E-state index in [0.29, 0.717) is 5.25 Å². The van der Waals surface area contributed by atoms with Crippen molar-refractivity contribution in [1.82, 2.24) is 10.6 Å². The maximum atomic E-state index is 11.2. The summed E-state index contributed by atoms with van der Waals surface area (Å²) in [5.41, 5.74) is 1.05. The minimum absolute atomic E-state index is 0. The zero-order valence-corrected chi connectivity index (χ0v) is 18.4. The first-order valence-electron chi connectivity index (χ1n) is 8.24. The van der Waals surface area contributed by atoms with Gasteiger partial charge in [-0.15, -0.1) is 24.0 Å². The minimum Gasteiger partial charge on any atom is -0.357 e. The van der Waals surface area contributed by atoms with Crippen LogP contribution in [0.5, 0.6) is 0 Å². The minimum atomic E-state index is -3.62. The van der Waals surface area contributed by atoms with Crippen LogP contribution in [0.1, 0.15) is 25.3 Å². The number of nitrogens with zero attached hydrogens (tertiary/aromatic N) is 1. The van der Waals surface area contributed by atoms with E-state index < -0.39 is 10.0 Å². The van der Waals surface area contributed by atoms with Crippen LogP contribution < -0.4 is 15.8 Å². The van der Waals surface area contributed by atoms with Crippen molar-refractivity contribution in [2.24, 2.45) is 10.1 Å². The van der Waals surface area contributed by atoms with Crippen molar-refractivity contribution in [3.8, 4) is 0 Å². The van der Waals surface area contributed by atoms with E-state index >= 15 is 0 Å². The highest BCUT2D eigenvalue weighted by Crippen LogP contribution is 2.25. The summed E-state index contributed by atoms with van der Waals surface area (Å²) >= 11 is 2.00. The number of rotatable bonds is 7. The number of sulfonamides is 1. The number of thioether (sulfide) groups is 1. The predicted octanol–water partition coefficient (Wildman–Crippen LogP) is 1.95. The Morgan fingerprint density at radius 1 is 1.32 bits per heavy atom. The number of aliphatic imine (C=N–C) groups is 1. The Labute approximate surface area is 171 Å². The molecule has 1 atom stereocenters. The van der Waals surface area contributed by atoms with Crippen LogP contribution in [0.25, 0.3) is 0 Å². The lowest BCUT2D eigenvalue weighted by Gasteiger charge is -2.12. The summed E-state index contributed by atoms with van der Waals surface area (Å²) in [6.07, 6.45) is 3.33. The molecule has 1 aliphatic rings. The maximum Gasteiger partial charge on any atom is 0.238 e. The Bertz CT molecular complexity index is 645. The van der Waals surface area contributed by atoms with Crippen molar-refractivity contribution in [3.63, 3.8) is 0 Å². The molecule has 4 N–H and O–H groups in total. The molecule has 1 heterocycles. The van der Waals surface area contributed by atoms with Crippen LogP contribution in [0.2, 0.25) is 0 Å². The third-order valence-electron chi connectivity index (χ3n) is 3.78. The van der Waals surface area contributed by atoms with E-state index in [1.165, 1.54) is 18.6 Å². The highest BCUT2D eigenvalue weighted by Gasteiger charge is 2.14. The fraction of sp³-hybridized carbons (Fsp3) is 0.562. The van der Waals surface area contributed by atoms with E-state index in [-0.39, 0.29) is 28.9 Å². The van der Waals surface area contributed by atoms with Gasteiger partial charge in [-0.25, -0.2) is 13.6 Å². The molecule has 25 heavy (non-hydrogen) atoms. The molecular weight excluding hydrogens is 471 g/mol. The van der Waals surface area contributed by atoms with Crippen LogP contribution in [0.4, 0.5) is 0 Å². The molecule has 1 aromatic rings. The van der Waals surface area contributed by atoms with Gasteiger partial charge in [-0.05, 0) is 49.6 Å². The number of halogens is 1. The molecule has 2 rings (SSSR count). The van der Waals surface area contributed by atoms with E-state index in [1.807, 2.05) is 18.7 Å². The smallest absolute Gasteiger partial charge is 0.238 e. The van der Waals surface area contributed by atoms with E-state index in [4.69, 9.17) is 5.14 Å². The summed E-state index contributed by atoms with van der Waals surface area (Å²) < 4.78 is 22.5. The van der Waals surface area contributed by atoms with Gasteiger partial charge in [0.1, 0.15) is 0 Å². The van der Waals surface area contributed by atoms with Gasteiger partial charge in [0, 0.05) is 18.3 Å². The summed E-state index contributed by atoms with van der Waals surface area (Å²) in [7, 11) is -3.62. The molecular formula is C16H27IN4O2S2. The number of hydrogen-bond donors (Lipinski definition) is 3. The number of primary sulfonamides is 1. The van der Waals surface area contributed by atoms with Gasteiger partial charge >= 0.3 is 0 Å². The average molecular weight is 498 g/mol. The van der Waals surface area contributed by atoms with Crippen LogP contribution in [0, 0.1) is 0 Å². The molecule has 142 valence electrons. The van der Waals surface area contributed by atoms with E-state index in [9.17, 15) is 8.42 Å². The van der Waals surface area contributed by atoms with E-state index in [2.05, 4.69) is 15.6 Å². The summed E-state index contributed by atoms with van der Waals surface area (Å²) in [5, 5.41) is 12.3. The molecule has 1 aliphatic heterocycles. The third kappa shape index (κ3) is 8.14. The molecule has 1 fully saturated rings. The summed E-state index contributed by atoms with van der Waals surface area (Å²) in [4.78, 5) is 4.79. The van der Waals surface area contributed by atoms with Crippen molar-refractivity contribution < 1.29 is 8.42 Å². The first-order chi connectivity index (χ1) is 11.5. The SMILES string of the molecule is CCNC(=NCC1CCCS1)NCCc1ccc(S(N)(=O)=O)cc1.I. The largest absolute Gasteiger partial charge is 0.357 e. The van der Waals surface area contributed by atoms with Gasteiger partial charge in [0.15, 0.2) is 5.96 Å². The van der Waals surface area contributed by atoms with E-state index in [1.54, 1.807) is 24.3 Å². The molecule has 9 heteroatoms. The van der Waals surface area contributed by atoms with E-state index in [0.717, 1.165) is 37.6 Å². The van der Waals surface area contributed by atoms with Gasteiger partial charge < -0.3 is 10.6 Å². The van der Waals surface area contributed by atoms with Crippen LogP contribution in [0.15, 0.2) is 34.2 Å². The molecule has 0 saturated carbocycles. The van der Waals surface area contributed by atoms with Gasteiger partial charge in [0.25, 0.3) is 0 Å². The highest BCUT2D eigenvalue weighted by atomic mass is 127. The number of benzene rings is 1. The summed E-state index contributed by atoms with van der Waals surface area (Å²) in [6, 6.07) is 6.67. The fourth-order valence-electron chi connectivity index (χ4n) is 2.49. The molecule has 1 unspecified atom stereocenters. The second-order valence-electron chi connectivity index (χ2n) is 5.72. The molecule has 0 bridgehead atoms. The Morgan fingerprint density at radius 2 is 2.04 bits per heavy atom. The van der Waals surface area contributed by atoms with Crippen molar-refractivity contribution in [2.75, 3.05) is 25.4 Å². The highest BCUT2D eigenvalue weighted by molar-refractivity contribution is 14.0. The van der Waals surface area contributed by atoms with Gasteiger partial charge in [-0.2, -0.15) is 11.8 Å². The van der Waals surface area contributed by atoms with Gasteiger partial charge in [0.2, 0.25) is 10.0 Å². The molecule has 6 nitrogen and oxygen atoms in total. The summed E-state index contributed by atoms with van der Waals surface area (Å²) in [5.74, 6) is 2.09. The fourth-order valence-corrected chi connectivity index (χ4v) is 4.19. The van der Waals surface area contributed by atoms with Crippen molar-refractivity contribution in [1.29, 1.82) is 0 Å². The quantitative estimate of drug-likeness (QED) is 0.304. The second-order valence-corrected chi connectivity index (χ2v) is 8.69. The predicted molar refractivity (Wildman–Crippen MR) is 116 cm³/mol. The monoisotopic (exact) mass is 498 g/mol. The molecule has 0 spiro atoms. The molecule has 0 amide bonds. The van der Waals surface area contributed by atoms with Crippen LogP contribution in [-0.4, -0.2) is 45.0 Å². The number of hydrogen-bond acceptors (Lipinski definition) is 4. The number of nitrogens with two attached hydrogens (primary N) is 1. The van der Waals surface area contributed by atoms with Gasteiger partial charge in [0.05, 0.1) is 11.4 Å². The number of nitrogens with one attached hydrogen (secondary N) is 2. The average Bonchev–Trinajstić information content (AvgIpc) is 3.05. The van der Waals surface area contributed by atoms with Gasteiger partial charge in [-0.3, -0.25) is 4.99 Å².